The molecule has 0 atom stereocenters. The molecule has 0 aliphatic rings. The van der Waals surface area contributed by atoms with Crippen molar-refractivity contribution in [1.29, 1.82) is 0 Å². The third-order valence-corrected chi connectivity index (χ3v) is 2.45. The van der Waals surface area contributed by atoms with Crippen LogP contribution in [0.4, 0.5) is 0 Å². The second-order valence-corrected chi connectivity index (χ2v) is 4.02. The number of H-pyrrole nitrogens is 1. The van der Waals surface area contributed by atoms with Gasteiger partial charge in [-0.1, -0.05) is 22.9 Å². The first kappa shape index (κ1) is 13.0. The third-order valence-electron chi connectivity index (χ3n) is 2.45. The maximum absolute atomic E-state index is 11.5. The van der Waals surface area contributed by atoms with Crippen molar-refractivity contribution in [1.82, 2.24) is 25.9 Å². The molecule has 0 radical (unpaired) electrons. The van der Waals surface area contributed by atoms with Gasteiger partial charge in [-0.05, 0) is 19.1 Å². The van der Waals surface area contributed by atoms with Gasteiger partial charge in [-0.15, -0.1) is 10.2 Å². The van der Waals surface area contributed by atoms with Gasteiger partial charge in [0.2, 0.25) is 5.91 Å². The number of carbonyl (C=O) groups is 1. The largest absolute Gasteiger partial charge is 0.493 e. The maximum atomic E-state index is 11.5. The summed E-state index contributed by atoms with van der Waals surface area (Å²) in [6.45, 7) is 2.61. The molecule has 2 rings (SSSR count). The molecular weight excluding hydrogens is 246 g/mol. The molecule has 2 aromatic rings. The Balaban J connectivity index is 1.65. The maximum Gasteiger partial charge on any atom is 0.223 e. The Morgan fingerprint density at radius 1 is 1.37 bits per heavy atom. The number of amides is 1. The fourth-order valence-corrected chi connectivity index (χ4v) is 1.42. The molecule has 0 bridgehead atoms. The Bertz CT molecular complexity index is 509. The summed E-state index contributed by atoms with van der Waals surface area (Å²) >= 11 is 0. The Morgan fingerprint density at radius 2 is 2.16 bits per heavy atom. The minimum Gasteiger partial charge on any atom is -0.493 e. The number of carbonyl (C=O) groups excluding carboxylic acids is 1. The molecule has 0 fully saturated rings. The second kappa shape index (κ2) is 6.48. The normalized spacial score (nSPS) is 10.2. The summed E-state index contributed by atoms with van der Waals surface area (Å²) in [5.41, 5.74) is 1.17. The van der Waals surface area contributed by atoms with E-state index >= 15 is 0 Å². The summed E-state index contributed by atoms with van der Waals surface area (Å²) in [5, 5.41) is 15.9. The van der Waals surface area contributed by atoms with Crippen LogP contribution in [-0.4, -0.2) is 33.1 Å². The Kier molecular flexibility index (Phi) is 4.44. The topological polar surface area (TPSA) is 92.8 Å². The van der Waals surface area contributed by atoms with E-state index in [0.717, 1.165) is 5.75 Å². The molecule has 0 aliphatic carbocycles. The van der Waals surface area contributed by atoms with Gasteiger partial charge in [0.15, 0.2) is 5.82 Å². The number of nitrogens with one attached hydrogen (secondary N) is 2. The van der Waals surface area contributed by atoms with Crippen molar-refractivity contribution in [3.8, 4) is 5.75 Å². The zero-order valence-corrected chi connectivity index (χ0v) is 10.6. The lowest BCUT2D eigenvalue weighted by atomic mass is 10.2. The number of rotatable bonds is 6. The van der Waals surface area contributed by atoms with Gasteiger partial charge >= 0.3 is 0 Å². The molecule has 7 heteroatoms. The molecule has 2 N–H and O–H groups in total. The van der Waals surface area contributed by atoms with Crippen LogP contribution in [0, 0.1) is 6.92 Å². The van der Waals surface area contributed by atoms with E-state index in [-0.39, 0.29) is 18.9 Å². The molecule has 0 saturated carbocycles. The fraction of sp³-hybridized carbons (Fsp3) is 0.333. The van der Waals surface area contributed by atoms with E-state index in [1.165, 1.54) is 5.56 Å². The second-order valence-electron chi connectivity index (χ2n) is 4.02. The van der Waals surface area contributed by atoms with Gasteiger partial charge in [0.1, 0.15) is 5.75 Å². The van der Waals surface area contributed by atoms with Crippen molar-refractivity contribution in [2.45, 2.75) is 19.9 Å². The van der Waals surface area contributed by atoms with Gasteiger partial charge in [0.25, 0.3) is 0 Å². The minimum absolute atomic E-state index is 0.114. The third kappa shape index (κ3) is 4.38. The van der Waals surface area contributed by atoms with Crippen LogP contribution in [0.3, 0.4) is 0 Å². The molecule has 0 saturated heterocycles. The Morgan fingerprint density at radius 3 is 2.84 bits per heavy atom. The average molecular weight is 261 g/mol. The van der Waals surface area contributed by atoms with Crippen molar-refractivity contribution >= 4 is 5.91 Å². The number of ether oxygens (including phenoxy) is 1. The van der Waals surface area contributed by atoms with E-state index < -0.39 is 0 Å². The molecule has 1 heterocycles. The number of tetrazole rings is 1. The SMILES string of the molecule is Cc1ccc(OCCC(=O)NCc2nn[nH]n2)cc1. The molecule has 19 heavy (non-hydrogen) atoms. The summed E-state index contributed by atoms with van der Waals surface area (Å²) in [7, 11) is 0. The molecule has 1 aromatic carbocycles. The van der Waals surface area contributed by atoms with Crippen LogP contribution in [0.1, 0.15) is 17.8 Å². The smallest absolute Gasteiger partial charge is 0.223 e. The van der Waals surface area contributed by atoms with Crippen LogP contribution in [-0.2, 0) is 11.3 Å². The Labute approximate surface area is 110 Å². The number of benzene rings is 1. The average Bonchev–Trinajstić information content (AvgIpc) is 2.92. The van der Waals surface area contributed by atoms with Crippen LogP contribution >= 0.6 is 0 Å². The van der Waals surface area contributed by atoms with Gasteiger partial charge in [-0.2, -0.15) is 5.21 Å². The highest BCUT2D eigenvalue weighted by Gasteiger charge is 2.04. The molecule has 7 nitrogen and oxygen atoms in total. The number of nitrogens with zero attached hydrogens (tertiary/aromatic N) is 3. The standard InChI is InChI=1S/C12H15N5O2/c1-9-2-4-10(5-3-9)19-7-6-12(18)13-8-11-14-16-17-15-11/h2-5H,6-8H2,1H3,(H,13,18)(H,14,15,16,17). The molecular formula is C12H15N5O2. The first-order valence-corrected chi connectivity index (χ1v) is 5.92. The van der Waals surface area contributed by atoms with Crippen LogP contribution in [0.2, 0.25) is 0 Å². The van der Waals surface area contributed by atoms with E-state index in [1.807, 2.05) is 31.2 Å². The van der Waals surface area contributed by atoms with Crippen LogP contribution in [0.5, 0.6) is 5.75 Å². The number of aromatic nitrogens is 4. The quantitative estimate of drug-likeness (QED) is 0.794. The van der Waals surface area contributed by atoms with Gasteiger partial charge in [-0.3, -0.25) is 4.79 Å². The lowest BCUT2D eigenvalue weighted by molar-refractivity contribution is -0.121. The number of aryl methyl sites for hydroxylation is 1. The monoisotopic (exact) mass is 261 g/mol. The summed E-state index contributed by atoms with van der Waals surface area (Å²) in [4.78, 5) is 11.5. The summed E-state index contributed by atoms with van der Waals surface area (Å²) < 4.78 is 5.46. The Hall–Kier alpha value is -2.44. The highest BCUT2D eigenvalue weighted by Crippen LogP contribution is 2.11. The molecule has 1 amide bonds. The van der Waals surface area contributed by atoms with E-state index in [4.69, 9.17) is 4.74 Å². The zero-order valence-electron chi connectivity index (χ0n) is 10.6. The van der Waals surface area contributed by atoms with Crippen LogP contribution < -0.4 is 10.1 Å². The van der Waals surface area contributed by atoms with Crippen molar-refractivity contribution in [2.75, 3.05) is 6.61 Å². The number of hydrogen-bond acceptors (Lipinski definition) is 5. The molecule has 0 unspecified atom stereocenters. The summed E-state index contributed by atoms with van der Waals surface area (Å²) in [6.07, 6.45) is 0.283. The predicted molar refractivity (Wildman–Crippen MR) is 67.3 cm³/mol. The van der Waals surface area contributed by atoms with Crippen molar-refractivity contribution in [3.63, 3.8) is 0 Å². The first-order valence-electron chi connectivity index (χ1n) is 5.92. The van der Waals surface area contributed by atoms with Gasteiger partial charge in [0, 0.05) is 0 Å². The summed E-state index contributed by atoms with van der Waals surface area (Å²) in [5.74, 6) is 1.10. The van der Waals surface area contributed by atoms with Crippen molar-refractivity contribution < 1.29 is 9.53 Å². The van der Waals surface area contributed by atoms with E-state index in [1.54, 1.807) is 0 Å². The van der Waals surface area contributed by atoms with Crippen molar-refractivity contribution in [3.05, 3.63) is 35.7 Å². The minimum atomic E-state index is -0.114. The molecule has 100 valence electrons. The van der Waals surface area contributed by atoms with E-state index in [2.05, 4.69) is 25.9 Å². The summed E-state index contributed by atoms with van der Waals surface area (Å²) in [6, 6.07) is 7.69. The van der Waals surface area contributed by atoms with Gasteiger partial charge in [0.05, 0.1) is 19.6 Å². The highest BCUT2D eigenvalue weighted by atomic mass is 16.5. The van der Waals surface area contributed by atoms with E-state index in [0.29, 0.717) is 12.4 Å². The van der Waals surface area contributed by atoms with Crippen molar-refractivity contribution in [2.24, 2.45) is 0 Å². The first-order chi connectivity index (χ1) is 9.24. The number of aromatic amines is 1. The lowest BCUT2D eigenvalue weighted by Gasteiger charge is -2.06. The highest BCUT2D eigenvalue weighted by molar-refractivity contribution is 5.75. The lowest BCUT2D eigenvalue weighted by Crippen LogP contribution is -2.25. The van der Waals surface area contributed by atoms with Crippen LogP contribution in [0.25, 0.3) is 0 Å². The zero-order chi connectivity index (χ0) is 13.5. The molecule has 0 spiro atoms. The molecule has 1 aromatic heterocycles. The number of hydrogen-bond donors (Lipinski definition) is 2. The molecule has 0 aliphatic heterocycles. The van der Waals surface area contributed by atoms with E-state index in [9.17, 15) is 4.79 Å². The van der Waals surface area contributed by atoms with Gasteiger partial charge < -0.3 is 10.1 Å². The van der Waals surface area contributed by atoms with Crippen LogP contribution in [0.15, 0.2) is 24.3 Å². The predicted octanol–water partition coefficient (Wildman–Crippen LogP) is 0.593. The fourth-order valence-electron chi connectivity index (χ4n) is 1.42. The van der Waals surface area contributed by atoms with Gasteiger partial charge in [-0.25, -0.2) is 0 Å².